The molecule has 0 amide bonds. The second-order valence-electron chi connectivity index (χ2n) is 33.6. The fraction of sp³-hybridized carbons (Fsp3) is 0.374. The van der Waals surface area contributed by atoms with Crippen molar-refractivity contribution in [2.75, 3.05) is 0 Å². The number of rotatable bonds is 16. The maximum atomic E-state index is 12.6. The Morgan fingerprint density at radius 1 is 0.269 bits per heavy atom. The Hall–Kier alpha value is -18.2. The monoisotopic (exact) mass is 2000 g/mol. The minimum absolute atomic E-state index is 0.265. The zero-order chi connectivity index (χ0) is 106. The lowest BCUT2D eigenvalue weighted by Crippen LogP contribution is -2.40. The van der Waals surface area contributed by atoms with Crippen molar-refractivity contribution in [1.82, 2.24) is 172 Å². The quantitative estimate of drug-likeness (QED) is 0.0650. The predicted octanol–water partition coefficient (Wildman–Crippen LogP) is 0.437. The van der Waals surface area contributed by atoms with Gasteiger partial charge in [0.1, 0.15) is 39.2 Å². The molecule has 145 heavy (non-hydrogen) atoms. The van der Waals surface area contributed by atoms with Crippen LogP contribution < -0.4 is 101 Å². The summed E-state index contributed by atoms with van der Waals surface area (Å²) in [5.41, 5.74) is 2.89. The third kappa shape index (κ3) is 20.7. The first kappa shape index (κ1) is 106. The van der Waals surface area contributed by atoms with Crippen molar-refractivity contribution < 1.29 is 0 Å². The van der Waals surface area contributed by atoms with Crippen LogP contribution in [0.2, 0.25) is 0 Å². The van der Waals surface area contributed by atoms with Gasteiger partial charge in [-0.3, -0.25) is 127 Å². The average molecular weight is 2000 g/mol. The summed E-state index contributed by atoms with van der Waals surface area (Å²) < 4.78 is 26.4. The van der Waals surface area contributed by atoms with Crippen LogP contribution in [0.5, 0.6) is 0 Å². The maximum Gasteiger partial charge on any atom is 0.332 e. The number of aryl methyl sites for hydroxylation is 11. The highest BCUT2D eigenvalue weighted by molar-refractivity contribution is 5.79. The third-order valence-corrected chi connectivity index (χ3v) is 23.2. The van der Waals surface area contributed by atoms with E-state index in [2.05, 4.69) is 84.7 Å². The van der Waals surface area contributed by atoms with E-state index in [0.29, 0.717) is 170 Å². The summed E-state index contributed by atoms with van der Waals surface area (Å²) in [5, 5.41) is 0. The summed E-state index contributed by atoms with van der Waals surface area (Å²) in [6.07, 6.45) is 14.1. The van der Waals surface area contributed by atoms with Crippen molar-refractivity contribution in [2.45, 2.75) is 147 Å². The Labute approximate surface area is 813 Å². The van der Waals surface area contributed by atoms with Gasteiger partial charge in [-0.25, -0.2) is 88.0 Å². The average Bonchev–Trinajstić information content (AvgIpc) is 1.62. The second-order valence-corrected chi connectivity index (χ2v) is 33.6. The third-order valence-electron chi connectivity index (χ3n) is 23.2. The van der Waals surface area contributed by atoms with Crippen molar-refractivity contribution >= 4 is 100 Å². The van der Waals surface area contributed by atoms with E-state index in [1.54, 1.807) is 81.2 Å². The fourth-order valence-corrected chi connectivity index (χ4v) is 15.9. The first-order valence-electron chi connectivity index (χ1n) is 46.0. The van der Waals surface area contributed by atoms with Crippen LogP contribution in [-0.4, -0.2) is 172 Å². The van der Waals surface area contributed by atoms with E-state index in [0.717, 1.165) is 61.5 Å². The Bertz CT molecular complexity index is 9350. The van der Waals surface area contributed by atoms with Gasteiger partial charge < -0.3 is 43.2 Å². The highest BCUT2D eigenvalue weighted by Gasteiger charge is 2.24. The fourth-order valence-electron chi connectivity index (χ4n) is 15.9. The Morgan fingerprint density at radius 2 is 0.614 bits per heavy atom. The lowest BCUT2D eigenvalue weighted by atomic mass is 10.2. The van der Waals surface area contributed by atoms with Gasteiger partial charge in [0.25, 0.3) is 50.0 Å². The van der Waals surface area contributed by atoms with Gasteiger partial charge >= 0.3 is 51.2 Å². The van der Waals surface area contributed by atoms with Gasteiger partial charge in [-0.05, 0) is 51.9 Å². The lowest BCUT2D eigenvalue weighted by molar-refractivity contribution is 0.485. The van der Waals surface area contributed by atoms with Crippen LogP contribution in [0.25, 0.3) is 123 Å². The molecular formula is C91H112N36O18. The van der Waals surface area contributed by atoms with Crippen LogP contribution in [0.3, 0.4) is 0 Å². The molecule has 0 radical (unpaired) electrons. The molecule has 764 valence electrons. The van der Waals surface area contributed by atoms with E-state index in [9.17, 15) is 86.3 Å². The summed E-state index contributed by atoms with van der Waals surface area (Å²) in [6.45, 7) is 21.4. The molecule has 8 N–H and O–H groups in total. The molecule has 0 unspecified atom stereocenters. The minimum Gasteiger partial charge on any atom is -0.339 e. The lowest BCUT2D eigenvalue weighted by Gasteiger charge is -2.12. The van der Waals surface area contributed by atoms with Gasteiger partial charge in [-0.1, -0.05) is 109 Å². The number of imidazole rings is 9. The molecule has 0 aliphatic heterocycles. The number of nitrogens with one attached hydrogen (secondary N) is 8. The maximum absolute atomic E-state index is 12.6. The number of aromatic nitrogens is 36. The van der Waals surface area contributed by atoms with Crippen LogP contribution in [0.1, 0.15) is 94.4 Å². The summed E-state index contributed by atoms with van der Waals surface area (Å²) in [6, 6.07) is 19.2. The van der Waals surface area contributed by atoms with E-state index >= 15 is 0 Å². The summed E-state index contributed by atoms with van der Waals surface area (Å²) in [5.74, 6) is 1.66. The van der Waals surface area contributed by atoms with Gasteiger partial charge in [0.15, 0.2) is 72.9 Å². The van der Waals surface area contributed by atoms with Gasteiger partial charge in [0.2, 0.25) is 0 Å². The summed E-state index contributed by atoms with van der Waals surface area (Å²) in [7, 11) is 17.6. The first-order valence-corrected chi connectivity index (χ1v) is 46.0. The molecule has 20 rings (SSSR count). The molecule has 18 heterocycles. The number of fused-ring (bicyclic) bond motifs is 9. The van der Waals surface area contributed by atoms with Crippen molar-refractivity contribution in [1.29, 1.82) is 0 Å². The number of nitrogens with zero attached hydrogens (tertiary/aromatic N) is 28. The molecule has 54 nitrogen and oxygen atoms in total. The topological polar surface area (TPSA) is 643 Å². The standard InChI is InChI=1S/C16H18N4O2.C14H14N4O2.C12H18N4O2.C11H16N4O2.3C8H10N4O2.2C7H8N4O2/c1-4-19-14-12(15(21)20(5-2)16(19)22)18(3)13(17-14)11-9-7-6-8-10-11;1-16-10-12(17(2)14(20)18(3)13(10)19)15-11(16)9-7-5-4-6-8-9;1-4-5-15-11(17)9-10(14-7-13-9)16(12(15)18)6-8(2)3;1-3-5-14-9-8(12-7-13-9)10(16)15(6-4-2)11(14)17;1-10-4-9-6-5(10)7(13)12(3)8(14)11(6)2;2*1-2-3-12-6-5(9-4-10-6)7(13)11-8(12)14;1-10-3-8-5-4(10)6(12)11(2)7(13)9-5;1-10-5-4(8-3-9-5)6(12)11(2)7(10)13/h6-10H,4-5H2,1-3H3;4-8H,1-3H3;7-8H,4-6H2,1-3H3,(H,13,14);7H,3-6H2,1-2H3,(H,12,13);4H,1-3H3;2*4H,2-3H2,1H3,(H,9,10)(H,11,13,14);3H,1-2H3,(H,9,13);3H,1-2H3,(H,8,9). The van der Waals surface area contributed by atoms with Crippen molar-refractivity contribution in [3.8, 4) is 22.8 Å². The zero-order valence-corrected chi connectivity index (χ0v) is 83.5. The van der Waals surface area contributed by atoms with Crippen LogP contribution in [0.4, 0.5) is 0 Å². The van der Waals surface area contributed by atoms with Gasteiger partial charge in [0, 0.05) is 141 Å². The normalized spacial score (nSPS) is 11.1. The van der Waals surface area contributed by atoms with Crippen molar-refractivity contribution in [2.24, 2.45) is 83.4 Å². The summed E-state index contributed by atoms with van der Waals surface area (Å²) in [4.78, 5) is 269. The van der Waals surface area contributed by atoms with Gasteiger partial charge in [-0.2, -0.15) is 0 Å². The number of hydrogen-bond donors (Lipinski definition) is 8. The molecule has 0 saturated heterocycles. The number of aromatic amines is 8. The largest absolute Gasteiger partial charge is 0.339 e. The van der Waals surface area contributed by atoms with E-state index in [1.165, 1.54) is 109 Å². The second kappa shape index (κ2) is 44.9. The Kier molecular flexibility index (Phi) is 32.7. The van der Waals surface area contributed by atoms with E-state index in [4.69, 9.17) is 0 Å². The Morgan fingerprint density at radius 3 is 1.06 bits per heavy atom. The van der Waals surface area contributed by atoms with Crippen molar-refractivity contribution in [3.63, 3.8) is 0 Å². The number of benzene rings is 2. The molecule has 0 aliphatic rings. The smallest absolute Gasteiger partial charge is 0.332 e. The molecular weight excluding hydrogens is 1890 g/mol. The molecule has 18 aromatic heterocycles. The summed E-state index contributed by atoms with van der Waals surface area (Å²) >= 11 is 0. The molecule has 2 aromatic carbocycles. The first-order chi connectivity index (χ1) is 69.1. The molecule has 0 aliphatic carbocycles. The van der Waals surface area contributed by atoms with Gasteiger partial charge in [-0.15, -0.1) is 0 Å². The molecule has 0 bridgehead atoms. The molecule has 54 heteroatoms. The Balaban J connectivity index is 0.000000146. The van der Waals surface area contributed by atoms with Crippen molar-refractivity contribution in [3.05, 3.63) is 292 Å². The molecule has 0 atom stereocenters. The molecule has 0 fully saturated rings. The highest BCUT2D eigenvalue weighted by atomic mass is 16.2. The molecule has 0 spiro atoms. The number of H-pyrrole nitrogens is 8. The van der Waals surface area contributed by atoms with Crippen LogP contribution in [-0.2, 0) is 130 Å². The predicted molar refractivity (Wildman–Crippen MR) is 544 cm³/mol. The van der Waals surface area contributed by atoms with E-state index in [1.807, 2.05) is 123 Å². The number of hydrogen-bond acceptors (Lipinski definition) is 27. The molecule has 0 saturated carbocycles. The van der Waals surface area contributed by atoms with E-state index < -0.39 is 28.2 Å². The SMILES string of the molecule is CCCn1c(=O)[nH]c(=O)c2[nH]cnc21.CCCn1c(=O)[nH]c(=O)c2[nH]cnc21.CCCn1c(=O)c2[nH]cnc2n(CC(C)C)c1=O.CCCn1c(=O)c2[nH]cnc2n(CCC)c1=O.CCn1c(=O)c2c(nc(-c3ccccc3)n2C)n(CC)c1=O.Cn1c(=O)[nH]c2ncn(C)c2c1=O.Cn1c(=O)c2[nH]cnc2n(C)c1=O.Cn1c(=O)c2c(nc(-c3ccccc3)n2C)n(C)c1=O.Cn1c(=O)c2c(ncn2C)n(C)c1=O. The minimum atomic E-state index is -0.448. The van der Waals surface area contributed by atoms with Crippen LogP contribution in [0, 0.1) is 5.92 Å². The van der Waals surface area contributed by atoms with Crippen LogP contribution >= 0.6 is 0 Å². The highest BCUT2D eigenvalue weighted by Crippen LogP contribution is 2.23. The van der Waals surface area contributed by atoms with Gasteiger partial charge in [0.05, 0.1) is 44.3 Å². The van der Waals surface area contributed by atoms with E-state index in [-0.39, 0.29) is 73.1 Å². The zero-order valence-electron chi connectivity index (χ0n) is 83.5. The van der Waals surface area contributed by atoms with Crippen LogP contribution in [0.15, 0.2) is 191 Å². The molecule has 20 aromatic rings.